The van der Waals surface area contributed by atoms with Crippen LogP contribution < -0.4 is 0 Å². The standard InChI is InChI=1S/C20H15I/c21-20-10-9-18-12-17(7-8-19(18)13-20)16-6-5-14-3-1-2-4-15(14)11-16/h1-8,11-13H,9-10H2. The molecule has 102 valence electrons. The second-order valence-corrected chi connectivity index (χ2v) is 6.95. The highest BCUT2D eigenvalue weighted by atomic mass is 127. The van der Waals surface area contributed by atoms with Gasteiger partial charge in [-0.05, 0) is 84.2 Å². The molecule has 21 heavy (non-hydrogen) atoms. The van der Waals surface area contributed by atoms with Crippen LogP contribution in [0.3, 0.4) is 0 Å². The molecular formula is C20H15I. The molecule has 1 aliphatic carbocycles. The molecule has 0 bridgehead atoms. The fraction of sp³-hybridized carbons (Fsp3) is 0.100. The minimum atomic E-state index is 1.16. The van der Waals surface area contributed by atoms with Crippen molar-refractivity contribution in [3.8, 4) is 11.1 Å². The highest BCUT2D eigenvalue weighted by Gasteiger charge is 2.10. The van der Waals surface area contributed by atoms with Crippen LogP contribution in [0.4, 0.5) is 0 Å². The molecule has 0 radical (unpaired) electrons. The quantitative estimate of drug-likeness (QED) is 0.438. The van der Waals surface area contributed by atoms with Crippen molar-refractivity contribution in [1.29, 1.82) is 0 Å². The van der Waals surface area contributed by atoms with Gasteiger partial charge in [0.05, 0.1) is 0 Å². The lowest BCUT2D eigenvalue weighted by molar-refractivity contribution is 0.981. The number of rotatable bonds is 1. The van der Waals surface area contributed by atoms with Crippen molar-refractivity contribution >= 4 is 39.4 Å². The Balaban J connectivity index is 1.82. The Morgan fingerprint density at radius 2 is 1.48 bits per heavy atom. The van der Waals surface area contributed by atoms with Crippen LogP contribution in [0.5, 0.6) is 0 Å². The normalized spacial score (nSPS) is 13.9. The first-order chi connectivity index (χ1) is 10.3. The van der Waals surface area contributed by atoms with E-state index in [1.54, 1.807) is 0 Å². The molecule has 0 aromatic heterocycles. The second kappa shape index (κ2) is 5.30. The predicted molar refractivity (Wildman–Crippen MR) is 99.7 cm³/mol. The van der Waals surface area contributed by atoms with Gasteiger partial charge in [-0.1, -0.05) is 54.6 Å². The molecule has 0 amide bonds. The van der Waals surface area contributed by atoms with E-state index in [0.29, 0.717) is 0 Å². The van der Waals surface area contributed by atoms with Crippen molar-refractivity contribution in [1.82, 2.24) is 0 Å². The molecule has 0 heterocycles. The highest BCUT2D eigenvalue weighted by molar-refractivity contribution is 14.1. The fourth-order valence-electron chi connectivity index (χ4n) is 3.01. The Bertz CT molecular complexity index is 859. The molecule has 3 aromatic carbocycles. The molecular weight excluding hydrogens is 367 g/mol. The maximum absolute atomic E-state index is 2.44. The molecule has 0 fully saturated rings. The third-order valence-corrected chi connectivity index (χ3v) is 5.02. The van der Waals surface area contributed by atoms with Crippen molar-refractivity contribution in [2.45, 2.75) is 12.8 Å². The number of allylic oxidation sites excluding steroid dienone is 1. The van der Waals surface area contributed by atoms with Gasteiger partial charge in [0.15, 0.2) is 0 Å². The predicted octanol–water partition coefficient (Wildman–Crippen LogP) is 6.23. The lowest BCUT2D eigenvalue weighted by Gasteiger charge is -2.15. The van der Waals surface area contributed by atoms with Gasteiger partial charge in [-0.15, -0.1) is 0 Å². The minimum Gasteiger partial charge on any atom is -0.0616 e. The summed E-state index contributed by atoms with van der Waals surface area (Å²) in [7, 11) is 0. The van der Waals surface area contributed by atoms with Crippen LogP contribution in [0.1, 0.15) is 17.5 Å². The third-order valence-electron chi connectivity index (χ3n) is 4.17. The number of aryl methyl sites for hydroxylation is 1. The maximum atomic E-state index is 2.44. The molecule has 1 heteroatoms. The highest BCUT2D eigenvalue weighted by Crippen LogP contribution is 2.32. The van der Waals surface area contributed by atoms with E-state index < -0.39 is 0 Å². The molecule has 4 rings (SSSR count). The van der Waals surface area contributed by atoms with Crippen LogP contribution >= 0.6 is 22.6 Å². The smallest absolute Gasteiger partial charge is 0.00847 e. The van der Waals surface area contributed by atoms with E-state index in [1.807, 2.05) is 0 Å². The average Bonchev–Trinajstić information content (AvgIpc) is 2.54. The Labute approximate surface area is 138 Å². The van der Waals surface area contributed by atoms with Crippen molar-refractivity contribution in [2.24, 2.45) is 0 Å². The summed E-state index contributed by atoms with van der Waals surface area (Å²) in [4.78, 5) is 0. The molecule has 0 nitrogen and oxygen atoms in total. The summed E-state index contributed by atoms with van der Waals surface area (Å²) in [6.45, 7) is 0. The van der Waals surface area contributed by atoms with Gasteiger partial charge >= 0.3 is 0 Å². The number of halogens is 1. The van der Waals surface area contributed by atoms with E-state index in [2.05, 4.69) is 89.3 Å². The zero-order valence-corrected chi connectivity index (χ0v) is 13.8. The SMILES string of the molecule is IC1=Cc2ccc(-c3ccc4ccccc4c3)cc2CC1. The van der Waals surface area contributed by atoms with Crippen LogP contribution in [0.15, 0.2) is 64.2 Å². The Morgan fingerprint density at radius 1 is 0.714 bits per heavy atom. The molecule has 3 aromatic rings. The van der Waals surface area contributed by atoms with Crippen molar-refractivity contribution in [2.75, 3.05) is 0 Å². The van der Waals surface area contributed by atoms with Gasteiger partial charge in [0, 0.05) is 0 Å². The zero-order valence-electron chi connectivity index (χ0n) is 11.6. The molecule has 0 atom stereocenters. The summed E-state index contributed by atoms with van der Waals surface area (Å²) >= 11 is 2.44. The summed E-state index contributed by atoms with van der Waals surface area (Å²) in [5.74, 6) is 0. The second-order valence-electron chi connectivity index (χ2n) is 5.57. The largest absolute Gasteiger partial charge is 0.0616 e. The number of fused-ring (bicyclic) bond motifs is 2. The van der Waals surface area contributed by atoms with Gasteiger partial charge in [-0.25, -0.2) is 0 Å². The molecule has 0 aliphatic heterocycles. The molecule has 0 unspecified atom stereocenters. The molecule has 1 aliphatic rings. The summed E-state index contributed by atoms with van der Waals surface area (Å²) < 4.78 is 1.46. The first-order valence-corrected chi connectivity index (χ1v) is 8.36. The van der Waals surface area contributed by atoms with Gasteiger partial charge in [-0.2, -0.15) is 0 Å². The van der Waals surface area contributed by atoms with Gasteiger partial charge in [0.2, 0.25) is 0 Å². The Morgan fingerprint density at radius 3 is 2.38 bits per heavy atom. The summed E-state index contributed by atoms with van der Waals surface area (Å²) in [5, 5.41) is 2.61. The van der Waals surface area contributed by atoms with Crippen molar-refractivity contribution < 1.29 is 0 Å². The average molecular weight is 382 g/mol. The van der Waals surface area contributed by atoms with E-state index in [-0.39, 0.29) is 0 Å². The van der Waals surface area contributed by atoms with Crippen molar-refractivity contribution in [3.63, 3.8) is 0 Å². The first-order valence-electron chi connectivity index (χ1n) is 7.28. The summed E-state index contributed by atoms with van der Waals surface area (Å²) in [5.41, 5.74) is 5.49. The lowest BCUT2D eigenvalue weighted by Crippen LogP contribution is -1.96. The third kappa shape index (κ3) is 2.51. The van der Waals surface area contributed by atoms with Crippen LogP contribution in [0, 0.1) is 0 Å². The number of hydrogen-bond acceptors (Lipinski definition) is 0. The number of benzene rings is 3. The van der Waals surface area contributed by atoms with E-state index in [4.69, 9.17) is 0 Å². The zero-order chi connectivity index (χ0) is 14.2. The van der Waals surface area contributed by atoms with Crippen molar-refractivity contribution in [3.05, 3.63) is 75.4 Å². The van der Waals surface area contributed by atoms with Crippen LogP contribution in [0.25, 0.3) is 28.0 Å². The monoisotopic (exact) mass is 382 g/mol. The van der Waals surface area contributed by atoms with Gasteiger partial charge in [-0.3, -0.25) is 0 Å². The fourth-order valence-corrected chi connectivity index (χ4v) is 3.61. The van der Waals surface area contributed by atoms with Gasteiger partial charge in [0.1, 0.15) is 0 Å². The Kier molecular flexibility index (Phi) is 3.30. The van der Waals surface area contributed by atoms with Crippen LogP contribution in [-0.2, 0) is 6.42 Å². The first kappa shape index (κ1) is 13.1. The topological polar surface area (TPSA) is 0 Å². The lowest BCUT2D eigenvalue weighted by atomic mass is 9.92. The van der Waals surface area contributed by atoms with E-state index in [9.17, 15) is 0 Å². The minimum absolute atomic E-state index is 1.16. The molecule has 0 saturated carbocycles. The van der Waals surface area contributed by atoms with Crippen LogP contribution in [-0.4, -0.2) is 0 Å². The van der Waals surface area contributed by atoms with Crippen LogP contribution in [0.2, 0.25) is 0 Å². The van der Waals surface area contributed by atoms with E-state index in [1.165, 1.54) is 43.0 Å². The molecule has 0 saturated heterocycles. The summed E-state index contributed by atoms with van der Waals surface area (Å²) in [6, 6.07) is 22.1. The van der Waals surface area contributed by atoms with E-state index >= 15 is 0 Å². The molecule has 0 N–H and O–H groups in total. The Hall–Kier alpha value is -1.61. The summed E-state index contributed by atoms with van der Waals surface area (Å²) in [6.07, 6.45) is 4.64. The molecule has 0 spiro atoms. The van der Waals surface area contributed by atoms with Gasteiger partial charge in [0.25, 0.3) is 0 Å². The van der Waals surface area contributed by atoms with Gasteiger partial charge < -0.3 is 0 Å². The number of hydrogen-bond donors (Lipinski definition) is 0. The van der Waals surface area contributed by atoms with E-state index in [0.717, 1.165) is 6.42 Å². The maximum Gasteiger partial charge on any atom is -0.00847 e.